The number of aryl methyl sites for hydroxylation is 1. The molecule has 2 aromatic rings. The smallest absolute Gasteiger partial charge is 0.311 e. The Bertz CT molecular complexity index is 731. The number of para-hydroxylation sites is 1. The molecule has 0 saturated heterocycles. The first-order valence-electron chi connectivity index (χ1n) is 5.96. The molecule has 108 valence electrons. The van der Waals surface area contributed by atoms with E-state index in [0.717, 1.165) is 4.47 Å². The fourth-order valence-electron chi connectivity index (χ4n) is 1.83. The predicted molar refractivity (Wildman–Crippen MR) is 83.1 cm³/mol. The van der Waals surface area contributed by atoms with Gasteiger partial charge in [-0.05, 0) is 30.7 Å². The van der Waals surface area contributed by atoms with Gasteiger partial charge in [-0.3, -0.25) is 15.5 Å². The number of nitro groups is 1. The molecule has 0 aromatic heterocycles. The highest BCUT2D eigenvalue weighted by molar-refractivity contribution is 9.10. The van der Waals surface area contributed by atoms with Crippen molar-refractivity contribution in [1.29, 1.82) is 5.41 Å². The molecular weight excluding hydrogens is 338 g/mol. The van der Waals surface area contributed by atoms with E-state index in [0.29, 0.717) is 11.1 Å². The lowest BCUT2D eigenvalue weighted by atomic mass is 10.1. The zero-order chi connectivity index (χ0) is 15.6. The van der Waals surface area contributed by atoms with Crippen molar-refractivity contribution in [3.8, 4) is 11.5 Å². The minimum absolute atomic E-state index is 0.135. The number of benzene rings is 2. The quantitative estimate of drug-likeness (QED) is 0.379. The van der Waals surface area contributed by atoms with E-state index < -0.39 is 4.92 Å². The van der Waals surface area contributed by atoms with Crippen LogP contribution in [0.2, 0.25) is 0 Å². The van der Waals surface area contributed by atoms with Gasteiger partial charge in [-0.15, -0.1) is 0 Å². The molecule has 0 aliphatic rings. The monoisotopic (exact) mass is 349 g/mol. The number of nitrogens with one attached hydrogen (secondary N) is 1. The molecule has 0 radical (unpaired) electrons. The number of nitro benzene ring substituents is 1. The van der Waals surface area contributed by atoms with Crippen molar-refractivity contribution in [3.63, 3.8) is 0 Å². The van der Waals surface area contributed by atoms with Gasteiger partial charge in [0.1, 0.15) is 11.6 Å². The van der Waals surface area contributed by atoms with Crippen LogP contribution in [0.25, 0.3) is 0 Å². The average molecular weight is 350 g/mol. The van der Waals surface area contributed by atoms with Gasteiger partial charge in [-0.25, -0.2) is 0 Å². The molecule has 21 heavy (non-hydrogen) atoms. The predicted octanol–water partition coefficient (Wildman–Crippen LogP) is 3.74. The topological polar surface area (TPSA) is 102 Å². The Labute approximate surface area is 129 Å². The first-order valence-corrected chi connectivity index (χ1v) is 6.75. The lowest BCUT2D eigenvalue weighted by Gasteiger charge is -2.12. The maximum Gasteiger partial charge on any atom is 0.311 e. The van der Waals surface area contributed by atoms with Gasteiger partial charge in [-0.1, -0.05) is 28.1 Å². The lowest BCUT2D eigenvalue weighted by molar-refractivity contribution is -0.385. The van der Waals surface area contributed by atoms with E-state index in [1.54, 1.807) is 37.3 Å². The molecule has 6 nitrogen and oxygen atoms in total. The molecule has 2 aromatic carbocycles. The largest absolute Gasteiger partial charge is 0.449 e. The molecule has 0 spiro atoms. The van der Waals surface area contributed by atoms with Crippen LogP contribution in [0.4, 0.5) is 5.69 Å². The van der Waals surface area contributed by atoms with Crippen molar-refractivity contribution in [2.75, 3.05) is 0 Å². The summed E-state index contributed by atoms with van der Waals surface area (Å²) in [6.45, 7) is 1.72. The average Bonchev–Trinajstić information content (AvgIpc) is 2.40. The molecule has 3 N–H and O–H groups in total. The first kappa shape index (κ1) is 15.0. The molecule has 0 aliphatic carbocycles. The Morgan fingerprint density at radius 3 is 2.71 bits per heavy atom. The highest BCUT2D eigenvalue weighted by Gasteiger charge is 2.19. The lowest BCUT2D eigenvalue weighted by Crippen LogP contribution is -2.12. The number of nitrogens with two attached hydrogens (primary N) is 1. The van der Waals surface area contributed by atoms with E-state index in [9.17, 15) is 10.1 Å². The van der Waals surface area contributed by atoms with E-state index >= 15 is 0 Å². The molecule has 0 saturated carbocycles. The number of halogens is 1. The molecule has 2 rings (SSSR count). The van der Waals surface area contributed by atoms with Gasteiger partial charge in [0.15, 0.2) is 0 Å². The summed E-state index contributed by atoms with van der Waals surface area (Å²) >= 11 is 3.30. The zero-order valence-electron chi connectivity index (χ0n) is 11.1. The Kier molecular flexibility index (Phi) is 4.23. The van der Waals surface area contributed by atoms with Gasteiger partial charge in [0.05, 0.1) is 10.5 Å². The highest BCUT2D eigenvalue weighted by Crippen LogP contribution is 2.36. The SMILES string of the molecule is Cc1cccc([N+](=O)[O-])c1Oc1cc(Br)ccc1C(=N)N. The maximum atomic E-state index is 11.1. The summed E-state index contributed by atoms with van der Waals surface area (Å²) in [6, 6.07) is 9.63. The molecule has 0 unspecified atom stereocenters. The summed E-state index contributed by atoms with van der Waals surface area (Å²) in [7, 11) is 0. The van der Waals surface area contributed by atoms with Crippen LogP contribution >= 0.6 is 15.9 Å². The highest BCUT2D eigenvalue weighted by atomic mass is 79.9. The normalized spacial score (nSPS) is 10.2. The van der Waals surface area contributed by atoms with Crippen LogP contribution in [0, 0.1) is 22.4 Å². The van der Waals surface area contributed by atoms with Crippen LogP contribution in [0.15, 0.2) is 40.9 Å². The maximum absolute atomic E-state index is 11.1. The second-order valence-electron chi connectivity index (χ2n) is 4.34. The standard InChI is InChI=1S/C14H12BrN3O3/c1-8-3-2-4-11(18(19)20)13(8)21-12-7-9(15)5-6-10(12)14(16)17/h2-7H,1H3,(H3,16,17). The number of hydrogen-bond acceptors (Lipinski definition) is 4. The van der Waals surface area contributed by atoms with Crippen LogP contribution in [0.1, 0.15) is 11.1 Å². The summed E-state index contributed by atoms with van der Waals surface area (Å²) in [5.74, 6) is 0.256. The Hall–Kier alpha value is -2.41. The molecule has 0 fully saturated rings. The Morgan fingerprint density at radius 2 is 2.10 bits per heavy atom. The van der Waals surface area contributed by atoms with Crippen molar-refractivity contribution in [2.24, 2.45) is 5.73 Å². The van der Waals surface area contributed by atoms with Gasteiger partial charge in [-0.2, -0.15) is 0 Å². The number of nitrogens with zero attached hydrogens (tertiary/aromatic N) is 1. The van der Waals surface area contributed by atoms with Crippen molar-refractivity contribution in [3.05, 3.63) is 62.1 Å². The van der Waals surface area contributed by atoms with Gasteiger partial charge in [0, 0.05) is 10.5 Å². The van der Waals surface area contributed by atoms with Gasteiger partial charge in [0.25, 0.3) is 0 Å². The Morgan fingerprint density at radius 1 is 1.38 bits per heavy atom. The molecule has 7 heteroatoms. The van der Waals surface area contributed by atoms with Crippen LogP contribution in [0.3, 0.4) is 0 Å². The van der Waals surface area contributed by atoms with E-state index in [2.05, 4.69) is 15.9 Å². The summed E-state index contributed by atoms with van der Waals surface area (Å²) in [5, 5.41) is 18.7. The first-order chi connectivity index (χ1) is 9.90. The molecule has 0 amide bonds. The summed E-state index contributed by atoms with van der Waals surface area (Å²) in [6.07, 6.45) is 0. The van der Waals surface area contributed by atoms with E-state index in [1.165, 1.54) is 6.07 Å². The third-order valence-corrected chi connectivity index (χ3v) is 3.33. The number of amidine groups is 1. The number of nitrogen functional groups attached to an aromatic ring is 1. The van der Waals surface area contributed by atoms with Crippen LogP contribution in [-0.4, -0.2) is 10.8 Å². The second-order valence-corrected chi connectivity index (χ2v) is 5.25. The summed E-state index contributed by atoms with van der Waals surface area (Å²) in [4.78, 5) is 10.6. The minimum atomic E-state index is -0.506. The van der Waals surface area contributed by atoms with Crippen LogP contribution in [-0.2, 0) is 0 Å². The van der Waals surface area contributed by atoms with Crippen LogP contribution in [0.5, 0.6) is 11.5 Å². The number of rotatable bonds is 4. The molecule has 0 aliphatic heterocycles. The Balaban J connectivity index is 2.55. The van der Waals surface area contributed by atoms with E-state index in [4.69, 9.17) is 15.9 Å². The molecule has 0 heterocycles. The van der Waals surface area contributed by atoms with Crippen molar-refractivity contribution >= 4 is 27.5 Å². The second kappa shape index (κ2) is 5.92. The van der Waals surface area contributed by atoms with Gasteiger partial charge >= 0.3 is 5.69 Å². The third kappa shape index (κ3) is 3.19. The summed E-state index contributed by atoms with van der Waals surface area (Å²) in [5.41, 5.74) is 6.37. The fraction of sp³-hybridized carbons (Fsp3) is 0.0714. The van der Waals surface area contributed by atoms with Crippen molar-refractivity contribution in [1.82, 2.24) is 0 Å². The van der Waals surface area contributed by atoms with E-state index in [-0.39, 0.29) is 23.0 Å². The molecule has 0 atom stereocenters. The third-order valence-electron chi connectivity index (χ3n) is 2.83. The van der Waals surface area contributed by atoms with E-state index in [1.807, 2.05) is 0 Å². The van der Waals surface area contributed by atoms with Crippen molar-refractivity contribution in [2.45, 2.75) is 6.92 Å². The van der Waals surface area contributed by atoms with Crippen LogP contribution < -0.4 is 10.5 Å². The molecule has 0 bridgehead atoms. The molecular formula is C14H12BrN3O3. The zero-order valence-corrected chi connectivity index (χ0v) is 12.7. The number of ether oxygens (including phenoxy) is 1. The fourth-order valence-corrected chi connectivity index (χ4v) is 2.17. The van der Waals surface area contributed by atoms with Gasteiger partial charge < -0.3 is 10.5 Å². The summed E-state index contributed by atoms with van der Waals surface area (Å²) < 4.78 is 6.40. The van der Waals surface area contributed by atoms with Gasteiger partial charge in [0.2, 0.25) is 5.75 Å². The number of hydrogen-bond donors (Lipinski definition) is 2. The minimum Gasteiger partial charge on any atom is -0.449 e. The van der Waals surface area contributed by atoms with Crippen molar-refractivity contribution < 1.29 is 9.66 Å².